The average Bonchev–Trinajstić information content (AvgIpc) is 2.75. The molecule has 1 aromatic heterocycles. The van der Waals surface area contributed by atoms with Gasteiger partial charge in [0.05, 0.1) is 17.3 Å². The van der Waals surface area contributed by atoms with E-state index in [-0.39, 0.29) is 25.2 Å². The van der Waals surface area contributed by atoms with Crippen LogP contribution in [0, 0.1) is 5.92 Å². The van der Waals surface area contributed by atoms with Crippen molar-refractivity contribution in [3.63, 3.8) is 0 Å². The summed E-state index contributed by atoms with van der Waals surface area (Å²) in [6.45, 7) is 0.863. The van der Waals surface area contributed by atoms with Gasteiger partial charge in [-0.3, -0.25) is 9.69 Å². The summed E-state index contributed by atoms with van der Waals surface area (Å²) in [4.78, 5) is 14.4. The van der Waals surface area contributed by atoms with Crippen molar-refractivity contribution in [3.8, 4) is 0 Å². The smallest absolute Gasteiger partial charge is 0.296 e. The van der Waals surface area contributed by atoms with Crippen molar-refractivity contribution in [3.05, 3.63) is 20.8 Å². The number of nitrogens with zero attached hydrogens (tertiary/aromatic N) is 1. The molecular weight excluding hydrogens is 343 g/mol. The van der Waals surface area contributed by atoms with E-state index < -0.39 is 12.1 Å². The fraction of sp³-hybridized carbons (Fsp3) is 0.583. The van der Waals surface area contributed by atoms with Crippen molar-refractivity contribution in [2.45, 2.75) is 19.0 Å². The Labute approximate surface area is 121 Å². The van der Waals surface area contributed by atoms with Crippen LogP contribution in [0.15, 0.2) is 15.9 Å². The molecule has 2 heterocycles. The molecule has 106 valence electrons. The fourth-order valence-corrected chi connectivity index (χ4v) is 3.71. The van der Waals surface area contributed by atoms with Crippen molar-refractivity contribution < 1.29 is 18.0 Å². The Morgan fingerprint density at radius 2 is 2.05 bits per heavy atom. The van der Waals surface area contributed by atoms with E-state index >= 15 is 0 Å². The number of carbonyl (C=O) groups excluding carboxylic acids is 1. The number of thiophene rings is 1. The summed E-state index contributed by atoms with van der Waals surface area (Å²) in [5.41, 5.74) is 0. The number of Topliss-reactive ketones (excluding diaryl/α,β-unsaturated/α-hetero) is 1. The van der Waals surface area contributed by atoms with Gasteiger partial charge in [-0.2, -0.15) is 13.2 Å². The fourth-order valence-electron chi connectivity index (χ4n) is 2.19. The van der Waals surface area contributed by atoms with Gasteiger partial charge in [0.1, 0.15) is 0 Å². The molecule has 19 heavy (non-hydrogen) atoms. The Morgan fingerprint density at radius 1 is 1.42 bits per heavy atom. The zero-order valence-corrected chi connectivity index (χ0v) is 12.4. The molecule has 2 rings (SSSR count). The summed E-state index contributed by atoms with van der Waals surface area (Å²) in [5, 5.41) is 1.81. The molecule has 0 atom stereocenters. The molecule has 1 aliphatic rings. The molecule has 0 unspecified atom stereocenters. The SMILES string of the molecule is O=C(CN1CCC(C(F)(F)F)CC1)c1sccc1Br. The van der Waals surface area contributed by atoms with Crippen LogP contribution in [0.3, 0.4) is 0 Å². The van der Waals surface area contributed by atoms with Gasteiger partial charge in [0.25, 0.3) is 0 Å². The highest BCUT2D eigenvalue weighted by Gasteiger charge is 2.41. The number of hydrogen-bond acceptors (Lipinski definition) is 3. The van der Waals surface area contributed by atoms with Gasteiger partial charge in [-0.1, -0.05) is 0 Å². The van der Waals surface area contributed by atoms with Gasteiger partial charge >= 0.3 is 6.18 Å². The molecule has 1 aromatic rings. The second-order valence-corrected chi connectivity index (χ2v) is 6.38. The van der Waals surface area contributed by atoms with E-state index in [0.717, 1.165) is 4.47 Å². The zero-order chi connectivity index (χ0) is 14.0. The number of halogens is 4. The number of ketones is 1. The molecule has 0 aliphatic carbocycles. The lowest BCUT2D eigenvalue weighted by atomic mass is 9.96. The minimum atomic E-state index is -4.10. The van der Waals surface area contributed by atoms with Crippen molar-refractivity contribution in [1.82, 2.24) is 4.90 Å². The van der Waals surface area contributed by atoms with Crippen LogP contribution in [0.4, 0.5) is 13.2 Å². The molecule has 0 amide bonds. The lowest BCUT2D eigenvalue weighted by Gasteiger charge is -2.32. The summed E-state index contributed by atoms with van der Waals surface area (Å²) < 4.78 is 38.3. The van der Waals surface area contributed by atoms with Crippen LogP contribution in [-0.4, -0.2) is 36.5 Å². The molecule has 0 radical (unpaired) electrons. The number of rotatable bonds is 3. The standard InChI is InChI=1S/C12H13BrF3NOS/c13-9-3-6-19-11(9)10(18)7-17-4-1-8(2-5-17)12(14,15)16/h3,6,8H,1-2,4-5,7H2. The third kappa shape index (κ3) is 3.79. The van der Waals surface area contributed by atoms with E-state index in [9.17, 15) is 18.0 Å². The van der Waals surface area contributed by atoms with Crippen LogP contribution >= 0.6 is 27.3 Å². The Kier molecular flexibility index (Phi) is 4.68. The van der Waals surface area contributed by atoms with E-state index in [4.69, 9.17) is 0 Å². The minimum absolute atomic E-state index is 0.0349. The molecule has 0 N–H and O–H groups in total. The Balaban J connectivity index is 1.86. The molecule has 0 bridgehead atoms. The Hall–Kier alpha value is -0.400. The zero-order valence-electron chi connectivity index (χ0n) is 10.0. The first-order valence-corrected chi connectivity index (χ1v) is 7.60. The number of carbonyl (C=O) groups is 1. The van der Waals surface area contributed by atoms with Crippen LogP contribution in [0.5, 0.6) is 0 Å². The predicted molar refractivity (Wildman–Crippen MR) is 71.6 cm³/mol. The molecule has 1 fully saturated rings. The molecule has 0 saturated carbocycles. The number of alkyl halides is 3. The summed E-state index contributed by atoms with van der Waals surface area (Å²) in [5.74, 6) is -1.25. The Morgan fingerprint density at radius 3 is 2.53 bits per heavy atom. The minimum Gasteiger partial charge on any atom is -0.296 e. The van der Waals surface area contributed by atoms with Gasteiger partial charge in [-0.05, 0) is 53.3 Å². The van der Waals surface area contributed by atoms with Crippen LogP contribution in [0.2, 0.25) is 0 Å². The summed E-state index contributed by atoms with van der Waals surface area (Å²) in [6.07, 6.45) is -3.93. The van der Waals surface area contributed by atoms with Gasteiger partial charge in [0.2, 0.25) is 0 Å². The van der Waals surface area contributed by atoms with Crippen LogP contribution in [-0.2, 0) is 0 Å². The van der Waals surface area contributed by atoms with Crippen LogP contribution in [0.25, 0.3) is 0 Å². The first-order chi connectivity index (χ1) is 8.88. The lowest BCUT2D eigenvalue weighted by molar-refractivity contribution is -0.184. The highest BCUT2D eigenvalue weighted by Crippen LogP contribution is 2.34. The second-order valence-electron chi connectivity index (χ2n) is 4.61. The van der Waals surface area contributed by atoms with Gasteiger partial charge < -0.3 is 0 Å². The van der Waals surface area contributed by atoms with E-state index in [0.29, 0.717) is 18.0 Å². The highest BCUT2D eigenvalue weighted by molar-refractivity contribution is 9.10. The molecule has 0 spiro atoms. The van der Waals surface area contributed by atoms with Crippen molar-refractivity contribution >= 4 is 33.0 Å². The van der Waals surface area contributed by atoms with Gasteiger partial charge in [-0.25, -0.2) is 0 Å². The summed E-state index contributed by atoms with van der Waals surface area (Å²) in [7, 11) is 0. The molecule has 0 aromatic carbocycles. The van der Waals surface area contributed by atoms with Gasteiger partial charge in [0.15, 0.2) is 5.78 Å². The van der Waals surface area contributed by atoms with E-state index in [1.54, 1.807) is 11.0 Å². The average molecular weight is 356 g/mol. The summed E-state index contributed by atoms with van der Waals surface area (Å²) in [6, 6.07) is 1.80. The largest absolute Gasteiger partial charge is 0.391 e. The summed E-state index contributed by atoms with van der Waals surface area (Å²) >= 11 is 4.64. The predicted octanol–water partition coefficient (Wildman–Crippen LogP) is 3.97. The first-order valence-electron chi connectivity index (χ1n) is 5.93. The molecular formula is C12H13BrF3NOS. The molecule has 1 aliphatic heterocycles. The van der Waals surface area contributed by atoms with E-state index in [1.807, 2.05) is 5.38 Å². The van der Waals surface area contributed by atoms with E-state index in [1.165, 1.54) is 11.3 Å². The normalized spacial score (nSPS) is 18.7. The maximum atomic E-state index is 12.5. The lowest BCUT2D eigenvalue weighted by Crippen LogP contribution is -2.41. The third-order valence-corrected chi connectivity index (χ3v) is 5.17. The quantitative estimate of drug-likeness (QED) is 0.764. The second kappa shape index (κ2) is 5.93. The van der Waals surface area contributed by atoms with Gasteiger partial charge in [0, 0.05) is 4.47 Å². The third-order valence-electron chi connectivity index (χ3n) is 3.29. The number of hydrogen-bond donors (Lipinski definition) is 0. The Bertz CT molecular complexity index is 452. The highest BCUT2D eigenvalue weighted by atomic mass is 79.9. The maximum Gasteiger partial charge on any atom is 0.391 e. The van der Waals surface area contributed by atoms with Crippen molar-refractivity contribution in [2.24, 2.45) is 5.92 Å². The van der Waals surface area contributed by atoms with Crippen LogP contribution < -0.4 is 0 Å². The molecule has 1 saturated heterocycles. The van der Waals surface area contributed by atoms with Gasteiger partial charge in [-0.15, -0.1) is 11.3 Å². The number of piperidine rings is 1. The van der Waals surface area contributed by atoms with Crippen LogP contribution in [0.1, 0.15) is 22.5 Å². The topological polar surface area (TPSA) is 20.3 Å². The molecule has 7 heteroatoms. The monoisotopic (exact) mass is 355 g/mol. The van der Waals surface area contributed by atoms with E-state index in [2.05, 4.69) is 15.9 Å². The number of likely N-dealkylation sites (tertiary alicyclic amines) is 1. The van der Waals surface area contributed by atoms with Crippen molar-refractivity contribution in [2.75, 3.05) is 19.6 Å². The maximum absolute atomic E-state index is 12.5. The first kappa shape index (κ1) is 15.0. The van der Waals surface area contributed by atoms with Crippen molar-refractivity contribution in [1.29, 1.82) is 0 Å². The molecule has 2 nitrogen and oxygen atoms in total.